The molecule has 1 aromatic carbocycles. The molecule has 0 saturated carbocycles. The van der Waals surface area contributed by atoms with Crippen molar-refractivity contribution in [3.63, 3.8) is 0 Å². The smallest absolute Gasteiger partial charge is 0.114 e. The molecule has 0 aliphatic heterocycles. The van der Waals surface area contributed by atoms with Crippen molar-refractivity contribution in [1.29, 1.82) is 0 Å². The van der Waals surface area contributed by atoms with Gasteiger partial charge in [0.1, 0.15) is 6.17 Å². The summed E-state index contributed by atoms with van der Waals surface area (Å²) in [6, 6.07) is 7.70. The van der Waals surface area contributed by atoms with E-state index in [1.807, 2.05) is 24.3 Å². The number of hydrogen-bond acceptors (Lipinski definition) is 0. The van der Waals surface area contributed by atoms with Gasteiger partial charge in [0.15, 0.2) is 0 Å². The Balaban J connectivity index is 2.69. The first-order valence-corrected chi connectivity index (χ1v) is 5.59. The van der Waals surface area contributed by atoms with Crippen molar-refractivity contribution < 1.29 is 4.39 Å². The quantitative estimate of drug-likeness (QED) is 0.746. The first-order valence-electron chi connectivity index (χ1n) is 3.67. The highest BCUT2D eigenvalue weighted by Crippen LogP contribution is 2.18. The van der Waals surface area contributed by atoms with E-state index >= 15 is 0 Å². The first-order chi connectivity index (χ1) is 5.74. The molecule has 0 amide bonds. The first kappa shape index (κ1) is 10.2. The van der Waals surface area contributed by atoms with Crippen molar-refractivity contribution in [1.82, 2.24) is 0 Å². The Hall–Kier alpha value is 0.110. The van der Waals surface area contributed by atoms with Crippen molar-refractivity contribution in [2.45, 2.75) is 12.6 Å². The van der Waals surface area contributed by atoms with Crippen LogP contribution < -0.4 is 0 Å². The van der Waals surface area contributed by atoms with Gasteiger partial charge < -0.3 is 0 Å². The monoisotopic (exact) mass is 294 g/mol. The zero-order valence-corrected chi connectivity index (χ0v) is 9.61. The summed E-state index contributed by atoms with van der Waals surface area (Å²) in [6.45, 7) is 0. The molecule has 0 N–H and O–H groups in total. The predicted octanol–water partition coefficient (Wildman–Crippen LogP) is 3.72. The fourth-order valence-electron chi connectivity index (χ4n) is 0.957. The van der Waals surface area contributed by atoms with Crippen LogP contribution in [0.3, 0.4) is 0 Å². The fourth-order valence-corrected chi connectivity index (χ4v) is 1.63. The number of hydrogen-bond donors (Lipinski definition) is 0. The molecule has 1 atom stereocenters. The van der Waals surface area contributed by atoms with Crippen molar-refractivity contribution in [3.05, 3.63) is 34.3 Å². The van der Waals surface area contributed by atoms with E-state index in [1.165, 1.54) is 0 Å². The summed E-state index contributed by atoms with van der Waals surface area (Å²) in [6.07, 6.45) is -0.337. The Bertz CT molecular complexity index is 250. The van der Waals surface area contributed by atoms with Crippen molar-refractivity contribution in [2.75, 3.05) is 5.33 Å². The maximum Gasteiger partial charge on any atom is 0.114 e. The summed E-state index contributed by atoms with van der Waals surface area (Å²) in [5, 5.41) is 0.397. The maximum atomic E-state index is 12.9. The van der Waals surface area contributed by atoms with Gasteiger partial charge in [-0.05, 0) is 11.6 Å². The third kappa shape index (κ3) is 2.87. The average molecular weight is 296 g/mol. The third-order valence-electron chi connectivity index (χ3n) is 1.57. The van der Waals surface area contributed by atoms with Gasteiger partial charge in [0.05, 0.1) is 0 Å². The number of halogens is 3. The van der Waals surface area contributed by atoms with Crippen molar-refractivity contribution in [3.8, 4) is 0 Å². The van der Waals surface area contributed by atoms with E-state index in [-0.39, 0.29) is 0 Å². The Morgan fingerprint density at radius 3 is 2.58 bits per heavy atom. The molecular weight excluding hydrogens is 287 g/mol. The van der Waals surface area contributed by atoms with Gasteiger partial charge in [-0.15, -0.1) is 0 Å². The molecule has 0 saturated heterocycles. The van der Waals surface area contributed by atoms with Gasteiger partial charge >= 0.3 is 0 Å². The summed E-state index contributed by atoms with van der Waals surface area (Å²) < 4.78 is 13.9. The maximum absolute atomic E-state index is 12.9. The summed E-state index contributed by atoms with van der Waals surface area (Å²) in [7, 11) is 0. The lowest BCUT2D eigenvalue weighted by atomic mass is 10.1. The molecule has 0 aromatic heterocycles. The molecule has 12 heavy (non-hydrogen) atoms. The summed E-state index contributed by atoms with van der Waals surface area (Å²) in [5.41, 5.74) is 1.02. The van der Waals surface area contributed by atoms with Gasteiger partial charge in [-0.1, -0.05) is 50.1 Å². The minimum Gasteiger partial charge on any atom is -0.246 e. The van der Waals surface area contributed by atoms with Crippen LogP contribution in [0.2, 0.25) is 0 Å². The molecule has 0 spiro atoms. The molecule has 0 aliphatic carbocycles. The lowest BCUT2D eigenvalue weighted by Crippen LogP contribution is -2.05. The normalized spacial score (nSPS) is 12.9. The molecular formula is C9H9Br2F. The van der Waals surface area contributed by atoms with Gasteiger partial charge in [0.25, 0.3) is 0 Å². The minimum atomic E-state index is -0.802. The van der Waals surface area contributed by atoms with E-state index in [9.17, 15) is 4.39 Å². The zero-order chi connectivity index (χ0) is 8.97. The Labute approximate surface area is 88.4 Å². The largest absolute Gasteiger partial charge is 0.246 e. The lowest BCUT2D eigenvalue weighted by Gasteiger charge is -2.05. The van der Waals surface area contributed by atoms with Crippen LogP contribution in [-0.2, 0) is 6.42 Å². The summed E-state index contributed by atoms with van der Waals surface area (Å²) >= 11 is 6.48. The second-order valence-corrected chi connectivity index (χ2v) is 4.05. The van der Waals surface area contributed by atoms with Gasteiger partial charge in [-0.3, -0.25) is 0 Å². The number of alkyl halides is 2. The molecule has 0 aliphatic rings. The molecule has 1 unspecified atom stereocenters. The highest BCUT2D eigenvalue weighted by Gasteiger charge is 2.07. The molecule has 0 radical (unpaired) electrons. The van der Waals surface area contributed by atoms with Crippen LogP contribution in [0.4, 0.5) is 4.39 Å². The summed E-state index contributed by atoms with van der Waals surface area (Å²) in [4.78, 5) is 0. The second-order valence-electron chi connectivity index (χ2n) is 2.55. The Morgan fingerprint density at radius 1 is 1.33 bits per heavy atom. The van der Waals surface area contributed by atoms with Crippen LogP contribution in [0, 0.1) is 0 Å². The third-order valence-corrected chi connectivity index (χ3v) is 3.04. The van der Waals surface area contributed by atoms with Crippen molar-refractivity contribution in [2.24, 2.45) is 0 Å². The summed E-state index contributed by atoms with van der Waals surface area (Å²) in [5.74, 6) is 0. The van der Waals surface area contributed by atoms with E-state index < -0.39 is 6.17 Å². The fraction of sp³-hybridized carbons (Fsp3) is 0.333. The van der Waals surface area contributed by atoms with Crippen LogP contribution in [-0.4, -0.2) is 11.5 Å². The van der Waals surface area contributed by atoms with E-state index in [0.717, 1.165) is 10.0 Å². The standard InChI is InChI=1S/C9H9Br2F/c10-6-8(12)5-7-3-1-2-4-9(7)11/h1-4,8H,5-6H2. The average Bonchev–Trinajstić information content (AvgIpc) is 2.09. The molecule has 1 rings (SSSR count). The predicted molar refractivity (Wildman–Crippen MR) is 56.5 cm³/mol. The van der Waals surface area contributed by atoms with Crippen LogP contribution >= 0.6 is 31.9 Å². The second kappa shape index (κ2) is 4.97. The van der Waals surface area contributed by atoms with Crippen molar-refractivity contribution >= 4 is 31.9 Å². The van der Waals surface area contributed by atoms with Gasteiger partial charge in [0, 0.05) is 16.2 Å². The van der Waals surface area contributed by atoms with Crippen LogP contribution in [0.5, 0.6) is 0 Å². The zero-order valence-electron chi connectivity index (χ0n) is 6.43. The SMILES string of the molecule is FC(CBr)Cc1ccccc1Br. The molecule has 0 heterocycles. The van der Waals surface area contributed by atoms with Gasteiger partial charge in [-0.2, -0.15) is 0 Å². The van der Waals surface area contributed by atoms with Crippen LogP contribution in [0.15, 0.2) is 28.7 Å². The van der Waals surface area contributed by atoms with Gasteiger partial charge in [-0.25, -0.2) is 4.39 Å². The molecule has 0 bridgehead atoms. The van der Waals surface area contributed by atoms with Gasteiger partial charge in [0.2, 0.25) is 0 Å². The van der Waals surface area contributed by atoms with Crippen LogP contribution in [0.1, 0.15) is 5.56 Å². The lowest BCUT2D eigenvalue weighted by molar-refractivity contribution is 0.368. The van der Waals surface area contributed by atoms with Crippen LogP contribution in [0.25, 0.3) is 0 Å². The molecule has 0 fully saturated rings. The Kier molecular flexibility index (Phi) is 4.22. The number of rotatable bonds is 3. The highest BCUT2D eigenvalue weighted by molar-refractivity contribution is 9.10. The molecule has 1 aromatic rings. The van der Waals surface area contributed by atoms with E-state index in [2.05, 4.69) is 31.9 Å². The van der Waals surface area contributed by atoms with E-state index in [4.69, 9.17) is 0 Å². The number of benzene rings is 1. The molecule has 0 nitrogen and oxygen atoms in total. The Morgan fingerprint density at radius 2 is 2.00 bits per heavy atom. The minimum absolute atomic E-state index is 0.397. The highest BCUT2D eigenvalue weighted by atomic mass is 79.9. The topological polar surface area (TPSA) is 0 Å². The molecule has 66 valence electrons. The molecule has 3 heteroatoms. The van der Waals surface area contributed by atoms with E-state index in [0.29, 0.717) is 11.8 Å². The van der Waals surface area contributed by atoms with E-state index in [1.54, 1.807) is 0 Å².